The fraction of sp³-hybridized carbons (Fsp3) is 0.611. The predicted molar refractivity (Wildman–Crippen MR) is 96.7 cm³/mol. The Kier molecular flexibility index (Phi) is 5.76. The van der Waals surface area contributed by atoms with E-state index in [0.29, 0.717) is 17.9 Å². The summed E-state index contributed by atoms with van der Waals surface area (Å²) >= 11 is 0. The van der Waals surface area contributed by atoms with E-state index in [0.717, 1.165) is 37.9 Å². The molecule has 0 saturated carbocycles. The average Bonchev–Trinajstić information content (AvgIpc) is 2.63. The van der Waals surface area contributed by atoms with Crippen molar-refractivity contribution in [3.8, 4) is 0 Å². The molecule has 1 unspecified atom stereocenters. The third kappa shape index (κ3) is 4.40. The van der Waals surface area contributed by atoms with E-state index in [4.69, 9.17) is 0 Å². The topological polar surface area (TPSA) is 78.5 Å². The number of amides is 1. The molecule has 2 aliphatic heterocycles. The van der Waals surface area contributed by atoms with Gasteiger partial charge in [-0.05, 0) is 51.3 Å². The Hall–Kier alpha value is -1.44. The molecule has 0 aromatic heterocycles. The van der Waals surface area contributed by atoms with Crippen molar-refractivity contribution < 1.29 is 13.2 Å². The number of rotatable bonds is 4. The third-order valence-corrected chi connectivity index (χ3v) is 6.94. The molecule has 0 bridgehead atoms. The summed E-state index contributed by atoms with van der Waals surface area (Å²) in [6.45, 7) is 4.47. The molecule has 0 radical (unpaired) electrons. The zero-order valence-corrected chi connectivity index (χ0v) is 15.5. The molecule has 25 heavy (non-hydrogen) atoms. The Bertz CT molecular complexity index is 697. The first-order valence-corrected chi connectivity index (χ1v) is 10.5. The number of benzene rings is 1. The van der Waals surface area contributed by atoms with Crippen molar-refractivity contribution in [2.24, 2.45) is 5.92 Å². The normalized spacial score (nSPS) is 25.5. The van der Waals surface area contributed by atoms with Crippen molar-refractivity contribution in [3.63, 3.8) is 0 Å². The van der Waals surface area contributed by atoms with Crippen LogP contribution in [-0.4, -0.2) is 50.9 Å². The van der Waals surface area contributed by atoms with Crippen molar-refractivity contribution in [2.45, 2.75) is 43.5 Å². The number of piperidine rings is 2. The van der Waals surface area contributed by atoms with Gasteiger partial charge in [-0.2, -0.15) is 4.31 Å². The molecule has 2 aliphatic rings. The third-order valence-electron chi connectivity index (χ3n) is 5.06. The summed E-state index contributed by atoms with van der Waals surface area (Å²) in [5.74, 6) is -0.284. The van der Waals surface area contributed by atoms with Gasteiger partial charge in [0.05, 0.1) is 10.8 Å². The molecule has 2 heterocycles. The van der Waals surface area contributed by atoms with Gasteiger partial charge in [-0.15, -0.1) is 0 Å². The van der Waals surface area contributed by atoms with E-state index in [1.54, 1.807) is 24.3 Å². The van der Waals surface area contributed by atoms with Gasteiger partial charge < -0.3 is 10.6 Å². The minimum atomic E-state index is -3.54. The van der Waals surface area contributed by atoms with Crippen molar-refractivity contribution in [3.05, 3.63) is 29.8 Å². The molecule has 2 N–H and O–H groups in total. The van der Waals surface area contributed by atoms with Gasteiger partial charge in [0, 0.05) is 25.7 Å². The number of hydrogen-bond acceptors (Lipinski definition) is 4. The predicted octanol–water partition coefficient (Wildman–Crippen LogP) is 1.26. The van der Waals surface area contributed by atoms with Crippen LogP contribution in [0.5, 0.6) is 0 Å². The highest BCUT2D eigenvalue weighted by Crippen LogP contribution is 2.24. The van der Waals surface area contributed by atoms with E-state index >= 15 is 0 Å². The van der Waals surface area contributed by atoms with Gasteiger partial charge in [0.2, 0.25) is 15.9 Å². The summed E-state index contributed by atoms with van der Waals surface area (Å²) in [4.78, 5) is 12.9. The summed E-state index contributed by atoms with van der Waals surface area (Å²) in [6.07, 6.45) is 3.50. The van der Waals surface area contributed by atoms with Gasteiger partial charge in [-0.25, -0.2) is 8.42 Å². The van der Waals surface area contributed by atoms with Crippen LogP contribution in [0, 0.1) is 12.8 Å². The number of aryl methyl sites for hydroxylation is 1. The summed E-state index contributed by atoms with van der Waals surface area (Å²) in [7, 11) is -3.54. The first-order valence-electron chi connectivity index (χ1n) is 9.05. The molecule has 2 saturated heterocycles. The molecule has 138 valence electrons. The van der Waals surface area contributed by atoms with Crippen LogP contribution in [0.4, 0.5) is 0 Å². The fourth-order valence-corrected chi connectivity index (χ4v) is 5.05. The van der Waals surface area contributed by atoms with Gasteiger partial charge in [0.15, 0.2) is 0 Å². The molecular weight excluding hydrogens is 338 g/mol. The van der Waals surface area contributed by atoms with E-state index in [9.17, 15) is 13.2 Å². The zero-order chi connectivity index (χ0) is 17.9. The molecule has 2 fully saturated rings. The number of hydrogen-bond donors (Lipinski definition) is 2. The molecule has 6 nitrogen and oxygen atoms in total. The zero-order valence-electron chi connectivity index (χ0n) is 14.7. The Balaban J connectivity index is 1.65. The Morgan fingerprint density at radius 3 is 2.64 bits per heavy atom. The molecule has 7 heteroatoms. The van der Waals surface area contributed by atoms with Crippen LogP contribution in [0.25, 0.3) is 0 Å². The van der Waals surface area contributed by atoms with Crippen molar-refractivity contribution in [1.82, 2.24) is 14.9 Å². The van der Waals surface area contributed by atoms with Gasteiger partial charge in [0.1, 0.15) is 0 Å². The lowest BCUT2D eigenvalue weighted by Gasteiger charge is -2.33. The number of carbonyl (C=O) groups is 1. The maximum Gasteiger partial charge on any atom is 0.243 e. The van der Waals surface area contributed by atoms with E-state index < -0.39 is 10.0 Å². The Labute approximate surface area is 150 Å². The monoisotopic (exact) mass is 365 g/mol. The van der Waals surface area contributed by atoms with Crippen LogP contribution in [0.15, 0.2) is 29.2 Å². The molecular formula is C18H27N3O3S. The van der Waals surface area contributed by atoms with Crippen LogP contribution < -0.4 is 10.6 Å². The number of nitrogens with zero attached hydrogens (tertiary/aromatic N) is 1. The van der Waals surface area contributed by atoms with Crippen LogP contribution in [0.2, 0.25) is 0 Å². The lowest BCUT2D eigenvalue weighted by Crippen LogP contribution is -2.51. The molecule has 0 spiro atoms. The van der Waals surface area contributed by atoms with Crippen LogP contribution in [0.3, 0.4) is 0 Å². The van der Waals surface area contributed by atoms with Gasteiger partial charge in [0.25, 0.3) is 0 Å². The number of sulfonamides is 1. The minimum absolute atomic E-state index is 0.0162. The standard InChI is InChI=1S/C18H27N3O3S/c1-14-6-8-17(9-7-14)25(23,24)21-11-3-4-15(13-21)18(22)20-16-5-2-10-19-12-16/h6-9,15-16,19H,2-5,10-13H2,1H3,(H,20,22)/t15?,16-/m0/s1. The number of nitrogens with one attached hydrogen (secondary N) is 2. The lowest BCUT2D eigenvalue weighted by molar-refractivity contribution is -0.126. The van der Waals surface area contributed by atoms with Crippen LogP contribution in [-0.2, 0) is 14.8 Å². The van der Waals surface area contributed by atoms with E-state index in [1.807, 2.05) is 6.92 Å². The highest BCUT2D eigenvalue weighted by atomic mass is 32.2. The average molecular weight is 365 g/mol. The molecule has 1 aromatic carbocycles. The second-order valence-corrected chi connectivity index (χ2v) is 9.01. The molecule has 1 amide bonds. The second-order valence-electron chi connectivity index (χ2n) is 7.07. The summed E-state index contributed by atoms with van der Waals surface area (Å²) < 4.78 is 27.1. The fourth-order valence-electron chi connectivity index (χ4n) is 3.53. The van der Waals surface area contributed by atoms with E-state index in [2.05, 4.69) is 10.6 Å². The van der Waals surface area contributed by atoms with Crippen molar-refractivity contribution >= 4 is 15.9 Å². The molecule has 0 aliphatic carbocycles. The van der Waals surface area contributed by atoms with Crippen LogP contribution >= 0.6 is 0 Å². The van der Waals surface area contributed by atoms with E-state index in [1.165, 1.54) is 4.31 Å². The minimum Gasteiger partial charge on any atom is -0.352 e. The van der Waals surface area contributed by atoms with Crippen LogP contribution in [0.1, 0.15) is 31.2 Å². The van der Waals surface area contributed by atoms with Gasteiger partial charge in [-0.3, -0.25) is 4.79 Å². The highest BCUT2D eigenvalue weighted by Gasteiger charge is 2.34. The summed E-state index contributed by atoms with van der Waals surface area (Å²) in [5, 5.41) is 6.37. The van der Waals surface area contributed by atoms with Gasteiger partial charge in [-0.1, -0.05) is 17.7 Å². The summed E-state index contributed by atoms with van der Waals surface area (Å²) in [5.41, 5.74) is 1.02. The first-order chi connectivity index (χ1) is 12.0. The summed E-state index contributed by atoms with van der Waals surface area (Å²) in [6, 6.07) is 7.04. The highest BCUT2D eigenvalue weighted by molar-refractivity contribution is 7.89. The molecule has 3 rings (SSSR count). The van der Waals surface area contributed by atoms with Crippen molar-refractivity contribution in [1.29, 1.82) is 0 Å². The maximum absolute atomic E-state index is 12.8. The lowest BCUT2D eigenvalue weighted by atomic mass is 9.97. The maximum atomic E-state index is 12.8. The molecule has 1 aromatic rings. The second kappa shape index (κ2) is 7.85. The quantitative estimate of drug-likeness (QED) is 0.842. The SMILES string of the molecule is Cc1ccc(S(=O)(=O)N2CCCC(C(=O)N[C@H]3CCCNC3)C2)cc1. The van der Waals surface area contributed by atoms with Gasteiger partial charge >= 0.3 is 0 Å². The Morgan fingerprint density at radius 2 is 1.96 bits per heavy atom. The largest absolute Gasteiger partial charge is 0.352 e. The smallest absolute Gasteiger partial charge is 0.243 e. The molecule has 2 atom stereocenters. The van der Waals surface area contributed by atoms with Crippen molar-refractivity contribution in [2.75, 3.05) is 26.2 Å². The van der Waals surface area contributed by atoms with E-state index in [-0.39, 0.29) is 24.4 Å². The first kappa shape index (κ1) is 18.4. The Morgan fingerprint density at radius 1 is 1.20 bits per heavy atom. The number of carbonyl (C=O) groups excluding carboxylic acids is 1.